The van der Waals surface area contributed by atoms with Crippen molar-refractivity contribution in [3.63, 3.8) is 0 Å². The summed E-state index contributed by atoms with van der Waals surface area (Å²) < 4.78 is 12.5. The number of rotatable bonds is 14. The molecule has 2 bridgehead atoms. The Morgan fingerprint density at radius 2 is 1.73 bits per heavy atom. The van der Waals surface area contributed by atoms with Gasteiger partial charge in [0.1, 0.15) is 11.6 Å². The molecule has 0 aromatic heterocycles. The molecule has 7 atom stereocenters. The van der Waals surface area contributed by atoms with Crippen LogP contribution in [0.4, 0.5) is 0 Å². The Morgan fingerprint density at radius 1 is 1.09 bits per heavy atom. The Hall–Kier alpha value is -3.05. The number of aliphatic hydroxyl groups excluding tert-OH is 1. The summed E-state index contributed by atoms with van der Waals surface area (Å²) in [4.78, 5) is 51.6. The van der Waals surface area contributed by atoms with Crippen molar-refractivity contribution in [2.24, 2.45) is 17.8 Å². The minimum Gasteiger partial charge on any atom is -0.394 e. The third kappa shape index (κ3) is 5.75. The number of morpholine rings is 1. The van der Waals surface area contributed by atoms with E-state index in [-0.39, 0.29) is 30.2 Å². The minimum absolute atomic E-state index is 0.0801. The van der Waals surface area contributed by atoms with E-state index >= 15 is 0 Å². The predicted octanol–water partition coefficient (Wildman–Crippen LogP) is 2.50. The molecule has 0 radical (unpaired) electrons. The Kier molecular flexibility index (Phi) is 10.2. The lowest BCUT2D eigenvalue weighted by atomic mass is 9.62. The van der Waals surface area contributed by atoms with Crippen molar-refractivity contribution in [3.05, 3.63) is 61.2 Å². The van der Waals surface area contributed by atoms with E-state index in [0.29, 0.717) is 52.4 Å². The number of carbonyl (C=O) groups excluding carboxylic acids is 3. The monoisotopic (exact) mass is 622 g/mol. The van der Waals surface area contributed by atoms with Crippen LogP contribution in [0.25, 0.3) is 0 Å². The molecule has 0 aliphatic carbocycles. The van der Waals surface area contributed by atoms with E-state index in [2.05, 4.69) is 25.0 Å². The molecule has 4 fully saturated rings. The maximum atomic E-state index is 14.9. The van der Waals surface area contributed by atoms with Crippen molar-refractivity contribution in [2.45, 2.75) is 56.9 Å². The quantitative estimate of drug-likeness (QED) is 0.318. The van der Waals surface area contributed by atoms with Gasteiger partial charge in [-0.3, -0.25) is 19.3 Å². The number of fused-ring (bicyclic) bond motifs is 1. The van der Waals surface area contributed by atoms with Gasteiger partial charge in [0.25, 0.3) is 0 Å². The SMILES string of the molecule is C=CCN(CCN1CCOCC1)C(=O)C1N([C@H](CO)c2ccccc2)C(=O)[C@@H]2[C@@H](C(=O)N(CC=C)CCC)[C@]3(C)OC12CC3C. The summed E-state index contributed by atoms with van der Waals surface area (Å²) in [5.74, 6) is -2.40. The van der Waals surface area contributed by atoms with Gasteiger partial charge < -0.3 is 29.3 Å². The molecule has 4 heterocycles. The molecule has 4 aliphatic rings. The smallest absolute Gasteiger partial charge is 0.248 e. The average Bonchev–Trinajstić information content (AvgIpc) is 3.56. The summed E-state index contributed by atoms with van der Waals surface area (Å²) in [5.41, 5.74) is -1.41. The van der Waals surface area contributed by atoms with Gasteiger partial charge in [-0.15, -0.1) is 13.2 Å². The highest BCUT2D eigenvalue weighted by molar-refractivity contribution is 5.99. The zero-order chi connectivity index (χ0) is 32.4. The number of amides is 3. The standard InChI is InChI=1S/C35H50N4O6/c1-6-14-37(15-7-2)31(41)28-29-32(42)39(27(24-40)26-12-10-9-11-13-26)30(35(29)23-25(4)34(28,5)45-35)33(43)38(16-8-3)18-17-36-19-21-44-22-20-36/h6,8-13,25,27-30,40H,1,3,7,14-24H2,2,4-5H3/t25?,27-,28+,29+,30?,34-,35?/m1/s1. The van der Waals surface area contributed by atoms with Crippen molar-refractivity contribution >= 4 is 17.7 Å². The number of nitrogens with zero attached hydrogens (tertiary/aromatic N) is 4. The Balaban J connectivity index is 1.59. The molecule has 246 valence electrons. The molecular weight excluding hydrogens is 572 g/mol. The second-order valence-electron chi connectivity index (χ2n) is 13.2. The third-order valence-electron chi connectivity index (χ3n) is 10.6. The van der Waals surface area contributed by atoms with Gasteiger partial charge in [0.15, 0.2) is 0 Å². The van der Waals surface area contributed by atoms with Crippen LogP contribution in [0.2, 0.25) is 0 Å². The van der Waals surface area contributed by atoms with Crippen LogP contribution in [-0.4, -0.2) is 125 Å². The molecule has 1 N–H and O–H groups in total. The van der Waals surface area contributed by atoms with Gasteiger partial charge in [-0.25, -0.2) is 0 Å². The van der Waals surface area contributed by atoms with Crippen LogP contribution in [0.5, 0.6) is 0 Å². The molecule has 3 unspecified atom stereocenters. The van der Waals surface area contributed by atoms with E-state index in [9.17, 15) is 19.5 Å². The molecule has 4 saturated heterocycles. The van der Waals surface area contributed by atoms with E-state index in [1.165, 1.54) is 0 Å². The fourth-order valence-electron chi connectivity index (χ4n) is 8.32. The minimum atomic E-state index is -1.21. The summed E-state index contributed by atoms with van der Waals surface area (Å²) in [6, 6.07) is 7.52. The van der Waals surface area contributed by atoms with Crippen molar-refractivity contribution in [1.29, 1.82) is 0 Å². The summed E-state index contributed by atoms with van der Waals surface area (Å²) in [6.45, 7) is 18.6. The van der Waals surface area contributed by atoms with E-state index in [1.807, 2.05) is 44.2 Å². The van der Waals surface area contributed by atoms with E-state index in [4.69, 9.17) is 9.47 Å². The molecule has 1 aromatic carbocycles. The van der Waals surface area contributed by atoms with Gasteiger partial charge in [0.05, 0.1) is 43.3 Å². The molecule has 0 saturated carbocycles. The van der Waals surface area contributed by atoms with Gasteiger partial charge in [-0.1, -0.05) is 56.3 Å². The first-order valence-electron chi connectivity index (χ1n) is 16.5. The highest BCUT2D eigenvalue weighted by Gasteiger charge is 2.80. The summed E-state index contributed by atoms with van der Waals surface area (Å²) >= 11 is 0. The first-order valence-corrected chi connectivity index (χ1v) is 16.5. The number of ether oxygens (including phenoxy) is 2. The average molecular weight is 623 g/mol. The number of aliphatic hydroxyl groups is 1. The van der Waals surface area contributed by atoms with Crippen LogP contribution in [0.15, 0.2) is 55.6 Å². The maximum Gasteiger partial charge on any atom is 0.248 e. The van der Waals surface area contributed by atoms with Gasteiger partial charge >= 0.3 is 0 Å². The number of hydrogen-bond acceptors (Lipinski definition) is 7. The summed E-state index contributed by atoms with van der Waals surface area (Å²) in [5, 5.41) is 10.8. The van der Waals surface area contributed by atoms with Crippen LogP contribution < -0.4 is 0 Å². The van der Waals surface area contributed by atoms with Crippen molar-refractivity contribution in [1.82, 2.24) is 19.6 Å². The number of hydrogen-bond donors (Lipinski definition) is 1. The van der Waals surface area contributed by atoms with Crippen LogP contribution in [0.1, 0.15) is 45.2 Å². The van der Waals surface area contributed by atoms with E-state index in [1.54, 1.807) is 26.9 Å². The van der Waals surface area contributed by atoms with Gasteiger partial charge in [-0.05, 0) is 31.2 Å². The number of benzene rings is 1. The molecule has 1 aromatic rings. The number of likely N-dealkylation sites (tertiary alicyclic amines) is 1. The first kappa shape index (κ1) is 33.3. The highest BCUT2D eigenvalue weighted by atomic mass is 16.5. The normalized spacial score (nSPS) is 31.5. The molecule has 10 nitrogen and oxygen atoms in total. The lowest BCUT2D eigenvalue weighted by Crippen LogP contribution is -2.58. The zero-order valence-corrected chi connectivity index (χ0v) is 27.1. The van der Waals surface area contributed by atoms with Gasteiger partial charge in [0, 0.05) is 45.8 Å². The van der Waals surface area contributed by atoms with Crippen LogP contribution in [-0.2, 0) is 23.9 Å². The molecule has 3 amide bonds. The van der Waals surface area contributed by atoms with Crippen LogP contribution in [0.3, 0.4) is 0 Å². The molecule has 45 heavy (non-hydrogen) atoms. The Bertz CT molecular complexity index is 1250. The van der Waals surface area contributed by atoms with Crippen molar-refractivity contribution in [3.8, 4) is 0 Å². The van der Waals surface area contributed by atoms with E-state index in [0.717, 1.165) is 25.1 Å². The highest BCUT2D eigenvalue weighted by Crippen LogP contribution is 2.66. The van der Waals surface area contributed by atoms with Crippen LogP contribution >= 0.6 is 0 Å². The van der Waals surface area contributed by atoms with Crippen molar-refractivity contribution < 1.29 is 29.0 Å². The van der Waals surface area contributed by atoms with Crippen LogP contribution in [0, 0.1) is 17.8 Å². The fraction of sp³-hybridized carbons (Fsp3) is 0.629. The van der Waals surface area contributed by atoms with Gasteiger partial charge in [-0.2, -0.15) is 0 Å². The Morgan fingerprint density at radius 3 is 2.33 bits per heavy atom. The zero-order valence-electron chi connectivity index (χ0n) is 27.1. The molecular formula is C35H50N4O6. The van der Waals surface area contributed by atoms with E-state index < -0.39 is 35.1 Å². The first-order chi connectivity index (χ1) is 21.7. The topological polar surface area (TPSA) is 103 Å². The fourth-order valence-corrected chi connectivity index (χ4v) is 8.32. The molecule has 4 aliphatic heterocycles. The maximum absolute atomic E-state index is 14.9. The summed E-state index contributed by atoms with van der Waals surface area (Å²) in [7, 11) is 0. The third-order valence-corrected chi connectivity index (χ3v) is 10.6. The lowest BCUT2D eigenvalue weighted by molar-refractivity contribution is -0.158. The predicted molar refractivity (Wildman–Crippen MR) is 171 cm³/mol. The Labute approximate surface area is 267 Å². The second kappa shape index (κ2) is 13.7. The van der Waals surface area contributed by atoms with Gasteiger partial charge in [0.2, 0.25) is 17.7 Å². The van der Waals surface area contributed by atoms with Crippen molar-refractivity contribution in [2.75, 3.05) is 65.6 Å². The molecule has 1 spiro atoms. The molecule has 5 rings (SSSR count). The lowest BCUT2D eigenvalue weighted by Gasteiger charge is -2.40. The number of carbonyl (C=O) groups is 3. The molecule has 10 heteroatoms. The largest absolute Gasteiger partial charge is 0.394 e. The summed E-state index contributed by atoms with van der Waals surface area (Å²) in [6.07, 6.45) is 4.63. The second-order valence-corrected chi connectivity index (χ2v) is 13.2.